The lowest BCUT2D eigenvalue weighted by atomic mass is 10.2. The van der Waals surface area contributed by atoms with E-state index in [1.807, 2.05) is 36.4 Å². The molecule has 2 rings (SSSR count). The molecule has 2 aromatic rings. The molecule has 0 saturated heterocycles. The lowest BCUT2D eigenvalue weighted by Crippen LogP contribution is -2.08. The van der Waals surface area contributed by atoms with Gasteiger partial charge in [-0.15, -0.1) is 0 Å². The Hall–Kier alpha value is -2.15. The van der Waals surface area contributed by atoms with Crippen LogP contribution in [0.1, 0.15) is 5.56 Å². The molecule has 4 heteroatoms. The molecule has 1 N–H and O–H groups in total. The highest BCUT2D eigenvalue weighted by Crippen LogP contribution is 2.15. The van der Waals surface area contributed by atoms with E-state index in [1.165, 1.54) is 0 Å². The predicted molar refractivity (Wildman–Crippen MR) is 82.8 cm³/mol. The highest BCUT2D eigenvalue weighted by atomic mass is 35.5. The number of hydrogen-bond donors (Lipinski definition) is 1. The van der Waals surface area contributed by atoms with Crippen molar-refractivity contribution in [3.8, 4) is 23.3 Å². The Bertz CT molecular complexity index is 609. The number of aliphatic hydroxyl groups excluding tert-OH is 1. The quantitative estimate of drug-likeness (QED) is 0.681. The van der Waals surface area contributed by atoms with Crippen molar-refractivity contribution in [1.29, 1.82) is 0 Å². The third-order valence-electron chi connectivity index (χ3n) is 2.60. The van der Waals surface area contributed by atoms with Crippen molar-refractivity contribution in [2.24, 2.45) is 0 Å². The van der Waals surface area contributed by atoms with Gasteiger partial charge in [-0.25, -0.2) is 0 Å². The molecule has 108 valence electrons. The summed E-state index contributed by atoms with van der Waals surface area (Å²) in [6.07, 6.45) is 0. The van der Waals surface area contributed by atoms with Crippen molar-refractivity contribution in [3.05, 3.63) is 59.1 Å². The lowest BCUT2D eigenvalue weighted by molar-refractivity contribution is 0.217. The average Bonchev–Trinajstić information content (AvgIpc) is 2.52. The Morgan fingerprint density at radius 2 is 1.38 bits per heavy atom. The van der Waals surface area contributed by atoms with Gasteiger partial charge in [-0.3, -0.25) is 0 Å². The fraction of sp³-hybridized carbons (Fsp3) is 0.176. The zero-order valence-corrected chi connectivity index (χ0v) is 12.1. The highest BCUT2D eigenvalue weighted by Gasteiger charge is 1.96. The second-order valence-electron chi connectivity index (χ2n) is 4.14. The summed E-state index contributed by atoms with van der Waals surface area (Å²) in [5.74, 6) is 6.93. The summed E-state index contributed by atoms with van der Waals surface area (Å²) in [6.45, 7) is 0.762. The standard InChI is InChI=1S/C17H15ClO3/c18-15-5-9-17(10-6-15)21-13-12-20-16-7-3-14(4-8-16)2-1-11-19/h3-10,19H,11-13H2. The lowest BCUT2D eigenvalue weighted by Gasteiger charge is -2.08. The molecule has 0 aliphatic heterocycles. The molecule has 0 aromatic heterocycles. The number of hydrogen-bond acceptors (Lipinski definition) is 3. The Kier molecular flexibility index (Phi) is 5.96. The fourth-order valence-electron chi connectivity index (χ4n) is 1.63. The van der Waals surface area contributed by atoms with E-state index in [1.54, 1.807) is 12.1 Å². The van der Waals surface area contributed by atoms with Gasteiger partial charge in [-0.05, 0) is 48.5 Å². The van der Waals surface area contributed by atoms with Gasteiger partial charge in [-0.1, -0.05) is 23.4 Å². The van der Waals surface area contributed by atoms with Crippen LogP contribution in [0.4, 0.5) is 0 Å². The van der Waals surface area contributed by atoms with Gasteiger partial charge in [-0.2, -0.15) is 0 Å². The van der Waals surface area contributed by atoms with E-state index >= 15 is 0 Å². The average molecular weight is 303 g/mol. The fourth-order valence-corrected chi connectivity index (χ4v) is 1.75. The van der Waals surface area contributed by atoms with Crippen LogP contribution in [-0.2, 0) is 0 Å². The van der Waals surface area contributed by atoms with Gasteiger partial charge < -0.3 is 14.6 Å². The maximum Gasteiger partial charge on any atom is 0.122 e. The van der Waals surface area contributed by atoms with Crippen LogP contribution in [0, 0.1) is 11.8 Å². The van der Waals surface area contributed by atoms with Gasteiger partial charge >= 0.3 is 0 Å². The first kappa shape index (κ1) is 15.2. The topological polar surface area (TPSA) is 38.7 Å². The van der Waals surface area contributed by atoms with Crippen LogP contribution in [0.15, 0.2) is 48.5 Å². The van der Waals surface area contributed by atoms with Crippen LogP contribution in [0.5, 0.6) is 11.5 Å². The summed E-state index contributed by atoms with van der Waals surface area (Å²) in [6, 6.07) is 14.6. The van der Waals surface area contributed by atoms with E-state index in [0.29, 0.717) is 18.2 Å². The number of ether oxygens (including phenoxy) is 2. The Balaban J connectivity index is 1.74. The van der Waals surface area contributed by atoms with Gasteiger partial charge in [0.25, 0.3) is 0 Å². The highest BCUT2D eigenvalue weighted by molar-refractivity contribution is 6.30. The molecule has 0 bridgehead atoms. The van der Waals surface area contributed by atoms with Gasteiger partial charge in [0.15, 0.2) is 0 Å². The number of halogens is 1. The third kappa shape index (κ3) is 5.39. The number of benzene rings is 2. The van der Waals surface area contributed by atoms with E-state index in [4.69, 9.17) is 26.2 Å². The molecule has 2 aromatic carbocycles. The maximum absolute atomic E-state index is 8.62. The SMILES string of the molecule is OCC#Cc1ccc(OCCOc2ccc(Cl)cc2)cc1. The Morgan fingerprint density at radius 3 is 1.90 bits per heavy atom. The minimum absolute atomic E-state index is 0.139. The molecule has 0 spiro atoms. The second-order valence-corrected chi connectivity index (χ2v) is 4.57. The van der Waals surface area contributed by atoms with Crippen molar-refractivity contribution < 1.29 is 14.6 Å². The summed E-state index contributed by atoms with van der Waals surface area (Å²) in [5.41, 5.74) is 0.841. The zero-order valence-electron chi connectivity index (χ0n) is 11.4. The van der Waals surface area contributed by atoms with Crippen molar-refractivity contribution in [2.45, 2.75) is 0 Å². The molecule has 0 aliphatic rings. The molecule has 0 saturated carbocycles. The summed E-state index contributed by atoms with van der Waals surface area (Å²) >= 11 is 5.79. The molecular formula is C17H15ClO3. The summed E-state index contributed by atoms with van der Waals surface area (Å²) in [7, 11) is 0. The van der Waals surface area contributed by atoms with Gasteiger partial charge in [0, 0.05) is 10.6 Å². The predicted octanol–water partition coefficient (Wildman–Crippen LogP) is 3.14. The molecule has 21 heavy (non-hydrogen) atoms. The van der Waals surface area contributed by atoms with Crippen LogP contribution >= 0.6 is 11.6 Å². The van der Waals surface area contributed by atoms with Crippen molar-refractivity contribution in [2.75, 3.05) is 19.8 Å². The Labute approximate surface area is 129 Å². The summed E-state index contributed by atoms with van der Waals surface area (Å²) < 4.78 is 11.1. The number of rotatable bonds is 5. The largest absolute Gasteiger partial charge is 0.490 e. The molecule has 0 aliphatic carbocycles. The first-order valence-electron chi connectivity index (χ1n) is 6.49. The van der Waals surface area contributed by atoms with Crippen LogP contribution in [0.3, 0.4) is 0 Å². The molecule has 0 amide bonds. The first-order valence-corrected chi connectivity index (χ1v) is 6.87. The number of aliphatic hydroxyl groups is 1. The van der Waals surface area contributed by atoms with Gasteiger partial charge in [0.1, 0.15) is 31.3 Å². The minimum Gasteiger partial charge on any atom is -0.490 e. The van der Waals surface area contributed by atoms with Crippen LogP contribution in [-0.4, -0.2) is 24.9 Å². The normalized spacial score (nSPS) is 9.62. The van der Waals surface area contributed by atoms with E-state index in [-0.39, 0.29) is 6.61 Å². The maximum atomic E-state index is 8.62. The molecule has 0 unspecified atom stereocenters. The summed E-state index contributed by atoms with van der Waals surface area (Å²) in [5, 5.41) is 9.30. The third-order valence-corrected chi connectivity index (χ3v) is 2.85. The van der Waals surface area contributed by atoms with E-state index in [2.05, 4.69) is 11.8 Å². The smallest absolute Gasteiger partial charge is 0.122 e. The van der Waals surface area contributed by atoms with Crippen molar-refractivity contribution >= 4 is 11.6 Å². The monoisotopic (exact) mass is 302 g/mol. The summed E-state index contributed by atoms with van der Waals surface area (Å²) in [4.78, 5) is 0. The first-order chi connectivity index (χ1) is 10.3. The molecule has 0 fully saturated rings. The Morgan fingerprint density at radius 1 is 0.857 bits per heavy atom. The van der Waals surface area contributed by atoms with Crippen LogP contribution in [0.2, 0.25) is 5.02 Å². The van der Waals surface area contributed by atoms with E-state index < -0.39 is 0 Å². The van der Waals surface area contributed by atoms with Crippen LogP contribution in [0.25, 0.3) is 0 Å². The van der Waals surface area contributed by atoms with Gasteiger partial charge in [0.2, 0.25) is 0 Å². The molecule has 0 atom stereocenters. The van der Waals surface area contributed by atoms with Crippen LogP contribution < -0.4 is 9.47 Å². The molecule has 3 nitrogen and oxygen atoms in total. The molecule has 0 radical (unpaired) electrons. The van der Waals surface area contributed by atoms with Crippen molar-refractivity contribution in [3.63, 3.8) is 0 Å². The zero-order chi connectivity index (χ0) is 14.9. The second kappa shape index (κ2) is 8.21. The van der Waals surface area contributed by atoms with Gasteiger partial charge in [0.05, 0.1) is 0 Å². The van der Waals surface area contributed by atoms with Crippen molar-refractivity contribution in [1.82, 2.24) is 0 Å². The minimum atomic E-state index is -0.139. The molecule has 0 heterocycles. The van der Waals surface area contributed by atoms with E-state index in [0.717, 1.165) is 17.1 Å². The van der Waals surface area contributed by atoms with E-state index in [9.17, 15) is 0 Å². The molecular weight excluding hydrogens is 288 g/mol.